The smallest absolute Gasteiger partial charge is 0.0321 e. The van der Waals surface area contributed by atoms with E-state index >= 15 is 0 Å². The number of hydrogen-bond donors (Lipinski definition) is 1. The van der Waals surface area contributed by atoms with E-state index in [9.17, 15) is 0 Å². The lowest BCUT2D eigenvalue weighted by atomic mass is 10.4. The Bertz CT molecular complexity index is 243. The van der Waals surface area contributed by atoms with Gasteiger partial charge >= 0.3 is 0 Å². The summed E-state index contributed by atoms with van der Waals surface area (Å²) in [5, 5.41) is 3.33. The molecule has 1 heterocycles. The summed E-state index contributed by atoms with van der Waals surface area (Å²) in [6, 6.07) is 4.43. The first-order chi connectivity index (χ1) is 6.22. The van der Waals surface area contributed by atoms with Gasteiger partial charge in [-0.1, -0.05) is 6.92 Å². The van der Waals surface area contributed by atoms with E-state index in [0.29, 0.717) is 0 Å². The molecule has 0 radical (unpaired) electrons. The third-order valence-corrected chi connectivity index (χ3v) is 2.81. The zero-order valence-electron chi connectivity index (χ0n) is 8.63. The van der Waals surface area contributed by atoms with Crippen LogP contribution in [-0.4, -0.2) is 25.5 Å². The molecule has 3 heteroatoms. The second kappa shape index (κ2) is 5.37. The minimum atomic E-state index is 1.01. The summed E-state index contributed by atoms with van der Waals surface area (Å²) >= 11 is 1.90. The standard InChI is InChI=1S/C10H18N2S/c1-4-11-7-9-5-6-10(13-9)8-12(2)3/h5-6,11H,4,7-8H2,1-3H3. The van der Waals surface area contributed by atoms with E-state index in [1.54, 1.807) is 0 Å². The van der Waals surface area contributed by atoms with Crippen molar-refractivity contribution in [3.8, 4) is 0 Å². The van der Waals surface area contributed by atoms with Crippen LogP contribution in [0.1, 0.15) is 16.7 Å². The molecule has 0 aromatic carbocycles. The number of hydrogen-bond acceptors (Lipinski definition) is 3. The highest BCUT2D eigenvalue weighted by Gasteiger charge is 2.00. The maximum Gasteiger partial charge on any atom is 0.0321 e. The van der Waals surface area contributed by atoms with Crippen LogP contribution >= 0.6 is 11.3 Å². The molecule has 74 valence electrons. The summed E-state index contributed by atoms with van der Waals surface area (Å²) in [6.45, 7) is 5.24. The summed E-state index contributed by atoms with van der Waals surface area (Å²) in [6.07, 6.45) is 0. The van der Waals surface area contributed by atoms with Crippen molar-refractivity contribution in [1.29, 1.82) is 0 Å². The van der Waals surface area contributed by atoms with E-state index in [0.717, 1.165) is 19.6 Å². The van der Waals surface area contributed by atoms with Crippen molar-refractivity contribution in [2.45, 2.75) is 20.0 Å². The minimum absolute atomic E-state index is 1.01. The van der Waals surface area contributed by atoms with Gasteiger partial charge in [0.1, 0.15) is 0 Å². The fourth-order valence-corrected chi connectivity index (χ4v) is 2.27. The Morgan fingerprint density at radius 1 is 1.31 bits per heavy atom. The van der Waals surface area contributed by atoms with E-state index in [-0.39, 0.29) is 0 Å². The van der Waals surface area contributed by atoms with Gasteiger partial charge in [-0.05, 0) is 32.8 Å². The maximum absolute atomic E-state index is 3.33. The van der Waals surface area contributed by atoms with Crippen LogP contribution in [0.15, 0.2) is 12.1 Å². The molecule has 0 saturated heterocycles. The first kappa shape index (κ1) is 10.7. The third-order valence-electron chi connectivity index (χ3n) is 1.74. The predicted molar refractivity (Wildman–Crippen MR) is 59.1 cm³/mol. The predicted octanol–water partition coefficient (Wildman–Crippen LogP) is 1.92. The molecule has 0 aliphatic heterocycles. The van der Waals surface area contributed by atoms with Crippen LogP contribution in [0.4, 0.5) is 0 Å². The highest BCUT2D eigenvalue weighted by atomic mass is 32.1. The van der Waals surface area contributed by atoms with Crippen LogP contribution in [0, 0.1) is 0 Å². The Hall–Kier alpha value is -0.380. The molecule has 0 bridgehead atoms. The monoisotopic (exact) mass is 198 g/mol. The molecule has 2 nitrogen and oxygen atoms in total. The number of thiophene rings is 1. The Morgan fingerprint density at radius 3 is 2.62 bits per heavy atom. The summed E-state index contributed by atoms with van der Waals surface area (Å²) in [5.41, 5.74) is 0. The topological polar surface area (TPSA) is 15.3 Å². The van der Waals surface area contributed by atoms with Crippen LogP contribution in [-0.2, 0) is 13.1 Å². The van der Waals surface area contributed by atoms with Gasteiger partial charge in [0.05, 0.1) is 0 Å². The lowest BCUT2D eigenvalue weighted by molar-refractivity contribution is 0.406. The van der Waals surface area contributed by atoms with E-state index in [4.69, 9.17) is 0 Å². The Kier molecular flexibility index (Phi) is 4.42. The lowest BCUT2D eigenvalue weighted by Crippen LogP contribution is -2.10. The Balaban J connectivity index is 2.44. The molecule has 0 spiro atoms. The molecule has 0 aliphatic carbocycles. The maximum atomic E-state index is 3.33. The molecule has 0 aliphatic rings. The molecule has 0 saturated carbocycles. The Morgan fingerprint density at radius 2 is 2.00 bits per heavy atom. The minimum Gasteiger partial charge on any atom is -0.312 e. The van der Waals surface area contributed by atoms with Crippen molar-refractivity contribution in [3.05, 3.63) is 21.9 Å². The summed E-state index contributed by atoms with van der Waals surface area (Å²) in [4.78, 5) is 5.07. The van der Waals surface area contributed by atoms with Crippen molar-refractivity contribution in [1.82, 2.24) is 10.2 Å². The first-order valence-electron chi connectivity index (χ1n) is 4.65. The van der Waals surface area contributed by atoms with Gasteiger partial charge in [-0.25, -0.2) is 0 Å². The lowest BCUT2D eigenvalue weighted by Gasteiger charge is -2.06. The molecule has 0 unspecified atom stereocenters. The zero-order valence-corrected chi connectivity index (χ0v) is 9.45. The molecular weight excluding hydrogens is 180 g/mol. The van der Waals surface area contributed by atoms with Gasteiger partial charge in [0.2, 0.25) is 0 Å². The molecule has 1 rings (SSSR count). The van der Waals surface area contributed by atoms with Gasteiger partial charge < -0.3 is 10.2 Å². The van der Waals surface area contributed by atoms with Gasteiger partial charge in [-0.15, -0.1) is 11.3 Å². The largest absolute Gasteiger partial charge is 0.312 e. The summed E-state index contributed by atoms with van der Waals surface area (Å²) in [7, 11) is 4.20. The molecule has 0 fully saturated rings. The van der Waals surface area contributed by atoms with Crippen molar-refractivity contribution in [2.24, 2.45) is 0 Å². The fraction of sp³-hybridized carbons (Fsp3) is 0.600. The van der Waals surface area contributed by atoms with Gasteiger partial charge in [0.25, 0.3) is 0 Å². The average molecular weight is 198 g/mol. The molecular formula is C10H18N2S. The molecule has 13 heavy (non-hydrogen) atoms. The number of rotatable bonds is 5. The van der Waals surface area contributed by atoms with Crippen molar-refractivity contribution < 1.29 is 0 Å². The van der Waals surface area contributed by atoms with Gasteiger partial charge in [0, 0.05) is 22.8 Å². The van der Waals surface area contributed by atoms with Crippen LogP contribution in [0.25, 0.3) is 0 Å². The van der Waals surface area contributed by atoms with Crippen LogP contribution < -0.4 is 5.32 Å². The van der Waals surface area contributed by atoms with Crippen LogP contribution in [0.5, 0.6) is 0 Å². The second-order valence-corrected chi connectivity index (χ2v) is 4.64. The SMILES string of the molecule is CCNCc1ccc(CN(C)C)s1. The molecule has 1 aromatic rings. The summed E-state index contributed by atoms with van der Waals surface area (Å²) < 4.78 is 0. The molecule has 1 N–H and O–H groups in total. The van der Waals surface area contributed by atoms with E-state index in [1.165, 1.54) is 9.75 Å². The second-order valence-electron chi connectivity index (χ2n) is 3.39. The Labute approximate surface area is 84.6 Å². The van der Waals surface area contributed by atoms with Crippen LogP contribution in [0.3, 0.4) is 0 Å². The van der Waals surface area contributed by atoms with Crippen molar-refractivity contribution in [3.63, 3.8) is 0 Å². The van der Waals surface area contributed by atoms with E-state index in [1.807, 2.05) is 11.3 Å². The zero-order chi connectivity index (χ0) is 9.68. The van der Waals surface area contributed by atoms with Gasteiger partial charge in [0.15, 0.2) is 0 Å². The number of nitrogens with one attached hydrogen (secondary N) is 1. The fourth-order valence-electron chi connectivity index (χ4n) is 1.16. The quantitative estimate of drug-likeness (QED) is 0.777. The van der Waals surface area contributed by atoms with Crippen molar-refractivity contribution in [2.75, 3.05) is 20.6 Å². The molecule has 0 amide bonds. The van der Waals surface area contributed by atoms with Crippen LogP contribution in [0.2, 0.25) is 0 Å². The highest BCUT2D eigenvalue weighted by molar-refractivity contribution is 7.11. The van der Waals surface area contributed by atoms with Gasteiger partial charge in [-0.3, -0.25) is 0 Å². The van der Waals surface area contributed by atoms with E-state index < -0.39 is 0 Å². The summed E-state index contributed by atoms with van der Waals surface area (Å²) in [5.74, 6) is 0. The number of nitrogens with zero attached hydrogens (tertiary/aromatic N) is 1. The first-order valence-corrected chi connectivity index (χ1v) is 5.47. The van der Waals surface area contributed by atoms with Crippen molar-refractivity contribution >= 4 is 11.3 Å². The average Bonchev–Trinajstić information content (AvgIpc) is 2.48. The third kappa shape index (κ3) is 3.89. The molecule has 1 aromatic heterocycles. The van der Waals surface area contributed by atoms with E-state index in [2.05, 4.69) is 43.4 Å². The molecule has 0 atom stereocenters. The highest BCUT2D eigenvalue weighted by Crippen LogP contribution is 2.17. The normalized spacial score (nSPS) is 11.1. The van der Waals surface area contributed by atoms with Gasteiger partial charge in [-0.2, -0.15) is 0 Å².